The maximum absolute atomic E-state index is 13.5. The van der Waals surface area contributed by atoms with Gasteiger partial charge in [0.15, 0.2) is 5.82 Å². The van der Waals surface area contributed by atoms with Gasteiger partial charge in [0.1, 0.15) is 11.9 Å². The van der Waals surface area contributed by atoms with Crippen LogP contribution in [0.1, 0.15) is 31.0 Å². The quantitative estimate of drug-likeness (QED) is 0.598. The lowest BCUT2D eigenvalue weighted by molar-refractivity contribution is -0.229. The van der Waals surface area contributed by atoms with Crippen LogP contribution < -0.4 is 5.32 Å². The first kappa shape index (κ1) is 21.7. The molecule has 2 bridgehead atoms. The molecule has 2 aliphatic rings. The Kier molecular flexibility index (Phi) is 4.89. The molecule has 1 unspecified atom stereocenters. The summed E-state index contributed by atoms with van der Waals surface area (Å²) < 4.78 is 47.6. The molecule has 1 aliphatic heterocycles. The van der Waals surface area contributed by atoms with Crippen LogP contribution in [0, 0.1) is 12.8 Å². The molecule has 0 radical (unpaired) electrons. The predicted octanol–water partition coefficient (Wildman–Crippen LogP) is 4.30. The highest BCUT2D eigenvalue weighted by molar-refractivity contribution is 6.33. The maximum Gasteiger partial charge on any atom is 0.392 e. The van der Waals surface area contributed by atoms with Crippen molar-refractivity contribution in [1.29, 1.82) is 0 Å². The fourth-order valence-corrected chi connectivity index (χ4v) is 5.00. The number of hydrogen-bond acceptors (Lipinski definition) is 6. The van der Waals surface area contributed by atoms with Crippen molar-refractivity contribution in [2.45, 2.75) is 43.9 Å². The van der Waals surface area contributed by atoms with E-state index in [-0.39, 0.29) is 24.6 Å². The SMILES string of the molecule is Cc1nnc(C23C[C@@H](C[C@@H](C(F)(F)F)C2)N3C(=O)Nc2ccc(Cl)c(-c3ncn(C)n3)c2)o1. The Bertz CT molecular complexity index is 1230. The molecule has 5 rings (SSSR count). The molecule has 13 heteroatoms. The molecule has 3 atom stereocenters. The average molecular weight is 482 g/mol. The number of hydrogen-bond donors (Lipinski definition) is 1. The third-order valence-corrected chi connectivity index (χ3v) is 6.53. The van der Waals surface area contributed by atoms with Crippen LogP contribution in [0.5, 0.6) is 0 Å². The van der Waals surface area contributed by atoms with Crippen LogP contribution >= 0.6 is 11.6 Å². The second-order valence-corrected chi connectivity index (χ2v) is 8.84. The minimum Gasteiger partial charge on any atom is -0.423 e. The summed E-state index contributed by atoms with van der Waals surface area (Å²) in [6.07, 6.45) is -3.02. The molecule has 1 saturated carbocycles. The monoisotopic (exact) mass is 481 g/mol. The van der Waals surface area contributed by atoms with E-state index in [1.165, 1.54) is 15.9 Å². The van der Waals surface area contributed by atoms with Gasteiger partial charge in [0.25, 0.3) is 0 Å². The lowest BCUT2D eigenvalue weighted by Crippen LogP contribution is -2.71. The maximum atomic E-state index is 13.5. The second kappa shape index (κ2) is 7.44. The Morgan fingerprint density at radius 1 is 1.30 bits per heavy atom. The predicted molar refractivity (Wildman–Crippen MR) is 110 cm³/mol. The number of fused-ring (bicyclic) bond motifs is 2. The third kappa shape index (κ3) is 3.62. The van der Waals surface area contributed by atoms with Gasteiger partial charge in [-0.15, -0.1) is 10.2 Å². The van der Waals surface area contributed by atoms with Crippen molar-refractivity contribution in [3.63, 3.8) is 0 Å². The summed E-state index contributed by atoms with van der Waals surface area (Å²) in [5.41, 5.74) is -0.383. The van der Waals surface area contributed by atoms with Gasteiger partial charge in [-0.2, -0.15) is 18.3 Å². The summed E-state index contributed by atoms with van der Waals surface area (Å²) in [5, 5.41) is 15.1. The minimum atomic E-state index is -4.37. The van der Waals surface area contributed by atoms with Gasteiger partial charge in [0.2, 0.25) is 11.8 Å². The highest BCUT2D eigenvalue weighted by atomic mass is 35.5. The highest BCUT2D eigenvalue weighted by Crippen LogP contribution is 2.58. The Morgan fingerprint density at radius 3 is 2.73 bits per heavy atom. The van der Waals surface area contributed by atoms with Crippen molar-refractivity contribution in [3.05, 3.63) is 41.3 Å². The van der Waals surface area contributed by atoms with Gasteiger partial charge in [0.05, 0.1) is 10.9 Å². The Morgan fingerprint density at radius 2 is 2.09 bits per heavy atom. The molecule has 33 heavy (non-hydrogen) atoms. The van der Waals surface area contributed by atoms with Crippen LogP contribution in [0.3, 0.4) is 0 Å². The largest absolute Gasteiger partial charge is 0.423 e. The summed E-state index contributed by atoms with van der Waals surface area (Å²) in [4.78, 5) is 18.8. The summed E-state index contributed by atoms with van der Waals surface area (Å²) in [7, 11) is 1.71. The topological polar surface area (TPSA) is 102 Å². The number of amides is 2. The van der Waals surface area contributed by atoms with Gasteiger partial charge in [-0.3, -0.25) is 4.68 Å². The zero-order valence-corrected chi connectivity index (χ0v) is 18.4. The first-order valence-electron chi connectivity index (χ1n) is 10.2. The van der Waals surface area contributed by atoms with Crippen LogP contribution in [0.2, 0.25) is 5.02 Å². The van der Waals surface area contributed by atoms with Gasteiger partial charge < -0.3 is 14.6 Å². The van der Waals surface area contributed by atoms with E-state index in [0.29, 0.717) is 28.5 Å². The van der Waals surface area contributed by atoms with E-state index in [9.17, 15) is 18.0 Å². The van der Waals surface area contributed by atoms with Crippen molar-refractivity contribution >= 4 is 23.3 Å². The summed E-state index contributed by atoms with van der Waals surface area (Å²) in [6.45, 7) is 1.55. The van der Waals surface area contributed by atoms with Gasteiger partial charge >= 0.3 is 12.2 Å². The van der Waals surface area contributed by atoms with E-state index in [1.807, 2.05) is 0 Å². The number of piperidine rings is 1. The molecule has 174 valence electrons. The average Bonchev–Trinajstić information content (AvgIpc) is 3.37. The molecule has 2 amide bonds. The zero-order chi connectivity index (χ0) is 23.5. The van der Waals surface area contributed by atoms with Crippen LogP contribution in [0.15, 0.2) is 28.9 Å². The van der Waals surface area contributed by atoms with E-state index in [0.717, 1.165) is 0 Å². The number of aromatic nitrogens is 5. The van der Waals surface area contributed by atoms with Gasteiger partial charge in [-0.1, -0.05) is 11.6 Å². The van der Waals surface area contributed by atoms with Gasteiger partial charge in [-0.05, 0) is 31.0 Å². The van der Waals surface area contributed by atoms with Crippen molar-refractivity contribution in [2.75, 3.05) is 5.32 Å². The number of carbonyl (C=O) groups is 1. The summed E-state index contributed by atoms with van der Waals surface area (Å²) >= 11 is 6.27. The van der Waals surface area contributed by atoms with E-state index >= 15 is 0 Å². The smallest absolute Gasteiger partial charge is 0.392 e. The van der Waals surface area contributed by atoms with Crippen LogP contribution in [0.4, 0.5) is 23.7 Å². The Hall–Kier alpha value is -3.15. The molecule has 9 nitrogen and oxygen atoms in total. The molecule has 1 aliphatic carbocycles. The van der Waals surface area contributed by atoms with Gasteiger partial charge in [-0.25, -0.2) is 9.78 Å². The molecular weight excluding hydrogens is 463 g/mol. The minimum absolute atomic E-state index is 0.0230. The first-order chi connectivity index (χ1) is 15.6. The summed E-state index contributed by atoms with van der Waals surface area (Å²) in [5.74, 6) is -0.924. The van der Waals surface area contributed by atoms with E-state index in [2.05, 4.69) is 25.6 Å². The number of rotatable bonds is 3. The molecule has 3 heterocycles. The number of aryl methyl sites for hydroxylation is 2. The van der Waals surface area contributed by atoms with Gasteiger partial charge in [0, 0.05) is 37.7 Å². The van der Waals surface area contributed by atoms with Crippen molar-refractivity contribution in [1.82, 2.24) is 29.9 Å². The molecular formula is C20H19ClF3N7O2. The Labute approximate surface area is 190 Å². The standard InChI is InChI=1S/C20H19ClF3N7O2/c1-10-27-28-17(33-10)19-7-11(20(22,23)24)5-13(8-19)31(19)18(32)26-12-3-4-15(21)14(6-12)16-25-9-30(2)29-16/h3-4,6,9,11,13H,5,7-8H2,1-2H3,(H,26,32)/t11-,13-,19?/m1/s1. The number of carbonyl (C=O) groups excluding carboxylic acids is 1. The lowest BCUT2D eigenvalue weighted by atomic mass is 9.63. The second-order valence-electron chi connectivity index (χ2n) is 8.43. The molecule has 1 aromatic carbocycles. The number of benzene rings is 1. The number of likely N-dealkylation sites (tertiary alicyclic amines) is 1. The number of anilines is 1. The van der Waals surface area contributed by atoms with Crippen molar-refractivity contribution in [3.8, 4) is 11.4 Å². The number of urea groups is 1. The first-order valence-corrected chi connectivity index (χ1v) is 10.6. The Balaban J connectivity index is 1.44. The molecule has 3 aromatic rings. The van der Waals surface area contributed by atoms with E-state index < -0.39 is 29.7 Å². The van der Waals surface area contributed by atoms with Crippen LogP contribution in [-0.4, -0.2) is 48.1 Å². The molecule has 2 fully saturated rings. The van der Waals surface area contributed by atoms with Crippen molar-refractivity contribution in [2.24, 2.45) is 13.0 Å². The number of nitrogens with zero attached hydrogens (tertiary/aromatic N) is 6. The molecule has 1 saturated heterocycles. The third-order valence-electron chi connectivity index (χ3n) is 6.20. The number of nitrogens with one attached hydrogen (secondary N) is 1. The highest BCUT2D eigenvalue weighted by Gasteiger charge is 2.66. The van der Waals surface area contributed by atoms with Crippen molar-refractivity contribution < 1.29 is 22.4 Å². The van der Waals surface area contributed by atoms with E-state index in [4.69, 9.17) is 16.0 Å². The molecule has 0 spiro atoms. The summed E-state index contributed by atoms with van der Waals surface area (Å²) in [6, 6.07) is 3.67. The lowest BCUT2D eigenvalue weighted by Gasteiger charge is -2.61. The normalized spacial score (nSPS) is 24.5. The molecule has 2 aromatic heterocycles. The van der Waals surface area contributed by atoms with Crippen LogP contribution in [-0.2, 0) is 12.6 Å². The molecule has 1 N–H and O–H groups in total. The fourth-order valence-electron chi connectivity index (χ4n) is 4.80. The number of alkyl halides is 3. The fraction of sp³-hybridized carbons (Fsp3) is 0.450. The van der Waals surface area contributed by atoms with E-state index in [1.54, 1.807) is 32.2 Å². The number of halogens is 4. The van der Waals surface area contributed by atoms with Crippen LogP contribution in [0.25, 0.3) is 11.4 Å². The zero-order valence-electron chi connectivity index (χ0n) is 17.6.